The molecule has 0 radical (unpaired) electrons. The molecule has 18 heavy (non-hydrogen) atoms. The third-order valence-electron chi connectivity index (χ3n) is 2.72. The minimum absolute atomic E-state index is 0.00831. The van der Waals surface area contributed by atoms with E-state index in [0.29, 0.717) is 5.13 Å². The van der Waals surface area contributed by atoms with Crippen molar-refractivity contribution in [2.45, 2.75) is 53.0 Å². The Morgan fingerprint density at radius 2 is 1.89 bits per heavy atom. The highest BCUT2D eigenvalue weighted by Gasteiger charge is 2.28. The largest absolute Gasteiger partial charge is 0.319 e. The molecule has 1 aromatic heterocycles. The van der Waals surface area contributed by atoms with Crippen molar-refractivity contribution in [1.29, 1.82) is 0 Å². The van der Waals surface area contributed by atoms with Gasteiger partial charge in [-0.25, -0.2) is 4.98 Å². The molecule has 0 bridgehead atoms. The summed E-state index contributed by atoms with van der Waals surface area (Å²) < 4.78 is 0. The lowest BCUT2D eigenvalue weighted by molar-refractivity contribution is -0.119. The van der Waals surface area contributed by atoms with Crippen LogP contribution in [0, 0.1) is 5.41 Å². The van der Waals surface area contributed by atoms with Crippen LogP contribution in [0.25, 0.3) is 0 Å². The molecule has 0 saturated heterocycles. The van der Waals surface area contributed by atoms with Crippen LogP contribution >= 0.6 is 11.3 Å². The molecular weight excluding hydrogens is 246 g/mol. The fourth-order valence-corrected chi connectivity index (χ4v) is 2.19. The second-order valence-electron chi connectivity index (χ2n) is 6.62. The van der Waals surface area contributed by atoms with E-state index in [4.69, 9.17) is 5.73 Å². The molecule has 4 nitrogen and oxygen atoms in total. The van der Waals surface area contributed by atoms with E-state index in [1.54, 1.807) is 0 Å². The van der Waals surface area contributed by atoms with Crippen molar-refractivity contribution in [3.05, 3.63) is 11.1 Å². The summed E-state index contributed by atoms with van der Waals surface area (Å²) in [4.78, 5) is 16.4. The van der Waals surface area contributed by atoms with Gasteiger partial charge in [0, 0.05) is 10.8 Å². The molecule has 1 aromatic rings. The molecule has 102 valence electrons. The molecule has 0 aromatic carbocycles. The first-order valence-electron chi connectivity index (χ1n) is 6.04. The molecule has 0 aliphatic carbocycles. The van der Waals surface area contributed by atoms with Crippen LogP contribution in [0.5, 0.6) is 0 Å². The molecule has 5 heteroatoms. The summed E-state index contributed by atoms with van der Waals surface area (Å²) in [6.07, 6.45) is 0. The monoisotopic (exact) mass is 269 g/mol. The molecule has 1 heterocycles. The van der Waals surface area contributed by atoms with Crippen LogP contribution in [0.15, 0.2) is 5.38 Å². The molecule has 1 rings (SSSR count). The number of anilines is 1. The number of hydrogen-bond acceptors (Lipinski definition) is 4. The van der Waals surface area contributed by atoms with Crippen molar-refractivity contribution in [2.75, 3.05) is 5.32 Å². The summed E-state index contributed by atoms with van der Waals surface area (Å²) in [5, 5.41) is 5.37. The lowest BCUT2D eigenvalue weighted by Crippen LogP contribution is -2.45. The normalized spacial score (nSPS) is 14.4. The van der Waals surface area contributed by atoms with E-state index in [2.05, 4.69) is 31.1 Å². The highest BCUT2D eigenvalue weighted by atomic mass is 32.1. The van der Waals surface area contributed by atoms with Crippen molar-refractivity contribution >= 4 is 22.4 Å². The van der Waals surface area contributed by atoms with Gasteiger partial charge in [-0.3, -0.25) is 4.79 Å². The minimum Gasteiger partial charge on any atom is -0.319 e. The highest BCUT2D eigenvalue weighted by molar-refractivity contribution is 7.13. The number of thiazole rings is 1. The van der Waals surface area contributed by atoms with Crippen LogP contribution < -0.4 is 11.1 Å². The first-order valence-corrected chi connectivity index (χ1v) is 6.92. The number of carbonyl (C=O) groups is 1. The van der Waals surface area contributed by atoms with Crippen molar-refractivity contribution in [3.8, 4) is 0 Å². The predicted molar refractivity (Wildman–Crippen MR) is 76.9 cm³/mol. The van der Waals surface area contributed by atoms with E-state index < -0.39 is 6.04 Å². The Kier molecular flexibility index (Phi) is 4.18. The molecular formula is C13H23N3OS. The molecule has 0 aliphatic rings. The van der Waals surface area contributed by atoms with Gasteiger partial charge in [-0.05, 0) is 5.41 Å². The van der Waals surface area contributed by atoms with Crippen LogP contribution in [-0.2, 0) is 10.2 Å². The number of amides is 1. The molecule has 0 fully saturated rings. The Morgan fingerprint density at radius 1 is 1.33 bits per heavy atom. The van der Waals surface area contributed by atoms with Crippen LogP contribution in [0.4, 0.5) is 5.13 Å². The number of carbonyl (C=O) groups excluding carboxylic acids is 1. The lowest BCUT2D eigenvalue weighted by atomic mass is 9.87. The van der Waals surface area contributed by atoms with Gasteiger partial charge in [-0.2, -0.15) is 0 Å². The average Bonchev–Trinajstić information content (AvgIpc) is 2.62. The van der Waals surface area contributed by atoms with Gasteiger partial charge in [0.2, 0.25) is 5.91 Å². The molecule has 3 N–H and O–H groups in total. The van der Waals surface area contributed by atoms with E-state index in [-0.39, 0.29) is 16.7 Å². The van der Waals surface area contributed by atoms with Crippen LogP contribution in [-0.4, -0.2) is 16.9 Å². The molecule has 0 unspecified atom stereocenters. The molecule has 1 atom stereocenters. The highest BCUT2D eigenvalue weighted by Crippen LogP contribution is 2.27. The summed E-state index contributed by atoms with van der Waals surface area (Å²) in [6, 6.07) is -0.542. The third-order valence-corrected chi connectivity index (χ3v) is 3.48. The van der Waals surface area contributed by atoms with Gasteiger partial charge < -0.3 is 11.1 Å². The van der Waals surface area contributed by atoms with Crippen LogP contribution in [0.2, 0.25) is 0 Å². The third kappa shape index (κ3) is 3.78. The SMILES string of the molecule is CC(C)(C)c1csc(NC(=O)[C@H](N)C(C)(C)C)n1. The van der Waals surface area contributed by atoms with Gasteiger partial charge in [0.05, 0.1) is 11.7 Å². The first kappa shape index (κ1) is 15.1. The number of rotatable bonds is 2. The zero-order valence-corrected chi connectivity index (χ0v) is 12.8. The van der Waals surface area contributed by atoms with Crippen LogP contribution in [0.1, 0.15) is 47.2 Å². The van der Waals surface area contributed by atoms with E-state index in [0.717, 1.165) is 5.69 Å². The second-order valence-corrected chi connectivity index (χ2v) is 7.48. The van der Waals surface area contributed by atoms with Crippen molar-refractivity contribution in [2.24, 2.45) is 11.1 Å². The Balaban J connectivity index is 2.75. The topological polar surface area (TPSA) is 68.0 Å². The zero-order chi connectivity index (χ0) is 14.1. The number of nitrogens with two attached hydrogens (primary N) is 1. The first-order chi connectivity index (χ1) is 8.01. The standard InChI is InChI=1S/C13H23N3OS/c1-12(2,3)8-7-18-11(15-8)16-10(17)9(14)13(4,5)6/h7,9H,14H2,1-6H3,(H,15,16,17)/t9-/m0/s1. The van der Waals surface area contributed by atoms with E-state index in [9.17, 15) is 4.79 Å². The fourth-order valence-electron chi connectivity index (χ4n) is 1.25. The van der Waals surface area contributed by atoms with E-state index in [1.807, 2.05) is 26.2 Å². The Morgan fingerprint density at radius 3 is 2.28 bits per heavy atom. The number of nitrogens with zero attached hydrogens (tertiary/aromatic N) is 1. The van der Waals surface area contributed by atoms with Crippen molar-refractivity contribution < 1.29 is 4.79 Å². The molecule has 1 amide bonds. The van der Waals surface area contributed by atoms with Crippen molar-refractivity contribution in [1.82, 2.24) is 4.98 Å². The van der Waals surface area contributed by atoms with E-state index in [1.165, 1.54) is 11.3 Å². The summed E-state index contributed by atoms with van der Waals surface area (Å²) in [5.41, 5.74) is 6.61. The smallest absolute Gasteiger partial charge is 0.243 e. The summed E-state index contributed by atoms with van der Waals surface area (Å²) in [7, 11) is 0. The van der Waals surface area contributed by atoms with Gasteiger partial charge in [0.15, 0.2) is 5.13 Å². The van der Waals surface area contributed by atoms with Crippen molar-refractivity contribution in [3.63, 3.8) is 0 Å². The van der Waals surface area contributed by atoms with Crippen LogP contribution in [0.3, 0.4) is 0 Å². The quantitative estimate of drug-likeness (QED) is 0.867. The maximum atomic E-state index is 11.9. The molecule has 0 aliphatic heterocycles. The predicted octanol–water partition coefficient (Wildman–Crippen LogP) is 2.75. The van der Waals surface area contributed by atoms with Gasteiger partial charge in [-0.15, -0.1) is 11.3 Å². The summed E-state index contributed by atoms with van der Waals surface area (Å²) in [5.74, 6) is -0.183. The lowest BCUT2D eigenvalue weighted by Gasteiger charge is -2.25. The summed E-state index contributed by atoms with van der Waals surface area (Å²) in [6.45, 7) is 12.1. The average molecular weight is 269 g/mol. The maximum Gasteiger partial charge on any atom is 0.243 e. The van der Waals surface area contributed by atoms with Gasteiger partial charge in [0.1, 0.15) is 0 Å². The maximum absolute atomic E-state index is 11.9. The second kappa shape index (κ2) is 4.97. The molecule has 0 spiro atoms. The van der Waals surface area contributed by atoms with E-state index >= 15 is 0 Å². The minimum atomic E-state index is -0.542. The Bertz CT molecular complexity index is 426. The number of hydrogen-bond donors (Lipinski definition) is 2. The summed E-state index contributed by atoms with van der Waals surface area (Å²) >= 11 is 1.43. The Labute approximate surface area is 113 Å². The van der Waals surface area contributed by atoms with Gasteiger partial charge in [0.25, 0.3) is 0 Å². The number of aromatic nitrogens is 1. The van der Waals surface area contributed by atoms with Gasteiger partial charge in [-0.1, -0.05) is 41.5 Å². The fraction of sp³-hybridized carbons (Fsp3) is 0.692. The zero-order valence-electron chi connectivity index (χ0n) is 12.0. The number of nitrogens with one attached hydrogen (secondary N) is 1. The molecule has 0 saturated carbocycles. The Hall–Kier alpha value is -0.940. The van der Waals surface area contributed by atoms with Gasteiger partial charge >= 0.3 is 0 Å².